The van der Waals surface area contributed by atoms with Gasteiger partial charge in [-0.1, -0.05) is 17.8 Å². The fourth-order valence-corrected chi connectivity index (χ4v) is 3.23. The van der Waals surface area contributed by atoms with Gasteiger partial charge in [0.1, 0.15) is 0 Å². The summed E-state index contributed by atoms with van der Waals surface area (Å²) in [4.78, 5) is 9.66. The highest BCUT2D eigenvalue weighted by Crippen LogP contribution is 2.42. The van der Waals surface area contributed by atoms with Crippen molar-refractivity contribution in [1.82, 2.24) is 0 Å². The van der Waals surface area contributed by atoms with Crippen molar-refractivity contribution in [2.75, 3.05) is 0 Å². The van der Waals surface area contributed by atoms with E-state index < -0.39 is 22.4 Å². The summed E-state index contributed by atoms with van der Waals surface area (Å²) in [6, 6.07) is 6.19. The number of nitrogens with zero attached hydrogens (tertiary/aromatic N) is 1. The summed E-state index contributed by atoms with van der Waals surface area (Å²) in [5, 5.41) is 12.3. The minimum absolute atomic E-state index is 0.0412. The van der Waals surface area contributed by atoms with Gasteiger partial charge < -0.3 is 0 Å². The standard InChI is InChI=1S/C11H6F3NO2S2/c12-11(13,14)8-6-7(15(16)17)3-4-9(8)19-10-2-1-5-18-10/h1-6H. The number of non-ortho nitro benzene ring substituents is 1. The van der Waals surface area contributed by atoms with Gasteiger partial charge in [-0.25, -0.2) is 0 Å². The van der Waals surface area contributed by atoms with Crippen LogP contribution in [0, 0.1) is 10.1 Å². The van der Waals surface area contributed by atoms with E-state index in [4.69, 9.17) is 0 Å². The molecule has 0 unspecified atom stereocenters. The highest BCUT2D eigenvalue weighted by molar-refractivity contribution is 8.01. The quantitative estimate of drug-likeness (QED) is 0.603. The van der Waals surface area contributed by atoms with E-state index in [1.165, 1.54) is 11.3 Å². The van der Waals surface area contributed by atoms with Crippen molar-refractivity contribution in [3.63, 3.8) is 0 Å². The number of thiophene rings is 1. The number of halogens is 3. The van der Waals surface area contributed by atoms with Gasteiger partial charge in [0, 0.05) is 17.0 Å². The maximum absolute atomic E-state index is 12.9. The maximum Gasteiger partial charge on any atom is 0.417 e. The third-order valence-corrected chi connectivity index (χ3v) is 4.30. The number of benzene rings is 1. The normalized spacial score (nSPS) is 11.5. The molecule has 19 heavy (non-hydrogen) atoms. The van der Waals surface area contributed by atoms with Crippen LogP contribution < -0.4 is 0 Å². The summed E-state index contributed by atoms with van der Waals surface area (Å²) in [6.45, 7) is 0. The molecule has 2 aromatic rings. The Labute approximate surface area is 114 Å². The molecular weight excluding hydrogens is 299 g/mol. The Balaban J connectivity index is 2.45. The molecular formula is C11H6F3NO2S2. The monoisotopic (exact) mass is 305 g/mol. The van der Waals surface area contributed by atoms with Crippen LogP contribution in [0.1, 0.15) is 5.56 Å². The predicted molar refractivity (Wildman–Crippen MR) is 66.5 cm³/mol. The van der Waals surface area contributed by atoms with Gasteiger partial charge in [0.15, 0.2) is 0 Å². The Bertz CT molecular complexity index is 596. The molecule has 3 nitrogen and oxygen atoms in total. The Morgan fingerprint density at radius 1 is 1.26 bits per heavy atom. The second-order valence-corrected chi connectivity index (χ2v) is 5.76. The van der Waals surface area contributed by atoms with Crippen LogP contribution in [0.3, 0.4) is 0 Å². The summed E-state index contributed by atoms with van der Waals surface area (Å²) in [7, 11) is 0. The van der Waals surface area contributed by atoms with Gasteiger partial charge in [0.25, 0.3) is 5.69 Å². The lowest BCUT2D eigenvalue weighted by Gasteiger charge is -2.11. The van der Waals surface area contributed by atoms with Crippen LogP contribution in [-0.4, -0.2) is 4.92 Å². The predicted octanol–water partition coefficient (Wildman–Crippen LogP) is 4.83. The fraction of sp³-hybridized carbons (Fsp3) is 0.0909. The van der Waals surface area contributed by atoms with Crippen molar-refractivity contribution in [1.29, 1.82) is 0 Å². The maximum atomic E-state index is 12.9. The number of nitro groups is 1. The molecule has 0 N–H and O–H groups in total. The zero-order valence-electron chi connectivity index (χ0n) is 9.18. The number of hydrogen-bond acceptors (Lipinski definition) is 4. The molecule has 0 aliphatic carbocycles. The molecule has 0 saturated carbocycles. The molecule has 0 saturated heterocycles. The van der Waals surface area contributed by atoms with Crippen LogP contribution in [0.25, 0.3) is 0 Å². The molecule has 1 heterocycles. The second kappa shape index (κ2) is 5.22. The van der Waals surface area contributed by atoms with Gasteiger partial charge in [-0.05, 0) is 17.5 Å². The number of rotatable bonds is 3. The van der Waals surface area contributed by atoms with E-state index in [2.05, 4.69) is 0 Å². The van der Waals surface area contributed by atoms with E-state index in [0.717, 1.165) is 23.9 Å². The van der Waals surface area contributed by atoms with Crippen molar-refractivity contribution in [2.45, 2.75) is 15.3 Å². The molecule has 0 spiro atoms. The summed E-state index contributed by atoms with van der Waals surface area (Å²) in [5.74, 6) is 0. The third kappa shape index (κ3) is 3.27. The van der Waals surface area contributed by atoms with Crippen molar-refractivity contribution in [2.24, 2.45) is 0 Å². The molecule has 0 radical (unpaired) electrons. The van der Waals surface area contributed by atoms with Crippen molar-refractivity contribution >= 4 is 28.8 Å². The molecule has 1 aromatic carbocycles. The molecule has 0 atom stereocenters. The first-order valence-electron chi connectivity index (χ1n) is 4.95. The molecule has 0 bridgehead atoms. The first kappa shape index (κ1) is 13.9. The molecule has 0 fully saturated rings. The molecule has 1 aromatic heterocycles. The Kier molecular flexibility index (Phi) is 3.81. The van der Waals surface area contributed by atoms with E-state index in [1.807, 2.05) is 0 Å². The van der Waals surface area contributed by atoms with Gasteiger partial charge in [-0.2, -0.15) is 13.2 Å². The van der Waals surface area contributed by atoms with Crippen LogP contribution in [0.15, 0.2) is 44.8 Å². The average molecular weight is 305 g/mol. The summed E-state index contributed by atoms with van der Waals surface area (Å²) in [5.41, 5.74) is -1.55. The SMILES string of the molecule is O=[N+]([O-])c1ccc(Sc2cccs2)c(C(F)(F)F)c1. The molecule has 100 valence electrons. The second-order valence-electron chi connectivity index (χ2n) is 3.47. The van der Waals surface area contributed by atoms with Crippen molar-refractivity contribution in [3.05, 3.63) is 51.4 Å². The van der Waals surface area contributed by atoms with Crippen molar-refractivity contribution in [3.8, 4) is 0 Å². The zero-order valence-corrected chi connectivity index (χ0v) is 10.8. The minimum atomic E-state index is -4.62. The number of alkyl halides is 3. The first-order valence-corrected chi connectivity index (χ1v) is 6.64. The molecule has 8 heteroatoms. The molecule has 2 rings (SSSR count). The van der Waals surface area contributed by atoms with Crippen molar-refractivity contribution < 1.29 is 18.1 Å². The Morgan fingerprint density at radius 2 is 2.00 bits per heavy atom. The Hall–Kier alpha value is -1.54. The van der Waals surface area contributed by atoms with Gasteiger partial charge in [0.2, 0.25) is 0 Å². The van der Waals surface area contributed by atoms with E-state index in [1.54, 1.807) is 17.5 Å². The van der Waals surface area contributed by atoms with Gasteiger partial charge in [-0.3, -0.25) is 10.1 Å². The summed E-state index contributed by atoms with van der Waals surface area (Å²) >= 11 is 2.25. The Morgan fingerprint density at radius 3 is 2.53 bits per heavy atom. The average Bonchev–Trinajstić information content (AvgIpc) is 2.80. The van der Waals surface area contributed by atoms with Crippen LogP contribution in [0.4, 0.5) is 18.9 Å². The first-order chi connectivity index (χ1) is 8.88. The van der Waals surface area contributed by atoms with Crippen LogP contribution >= 0.6 is 23.1 Å². The molecule has 0 aliphatic rings. The smallest absolute Gasteiger partial charge is 0.258 e. The van der Waals surface area contributed by atoms with Gasteiger partial charge in [0.05, 0.1) is 14.7 Å². The highest BCUT2D eigenvalue weighted by Gasteiger charge is 2.35. The van der Waals surface area contributed by atoms with Gasteiger partial charge in [-0.15, -0.1) is 11.3 Å². The van der Waals surface area contributed by atoms with E-state index in [-0.39, 0.29) is 4.90 Å². The topological polar surface area (TPSA) is 43.1 Å². The lowest BCUT2D eigenvalue weighted by atomic mass is 10.2. The van der Waals surface area contributed by atoms with E-state index >= 15 is 0 Å². The van der Waals surface area contributed by atoms with E-state index in [9.17, 15) is 23.3 Å². The van der Waals surface area contributed by atoms with Crippen LogP contribution in [0.2, 0.25) is 0 Å². The lowest BCUT2D eigenvalue weighted by molar-refractivity contribution is -0.385. The number of nitro benzene ring substituents is 1. The number of hydrogen-bond donors (Lipinski definition) is 0. The minimum Gasteiger partial charge on any atom is -0.258 e. The lowest BCUT2D eigenvalue weighted by Crippen LogP contribution is -2.07. The zero-order chi connectivity index (χ0) is 14.0. The summed E-state index contributed by atoms with van der Waals surface area (Å²) < 4.78 is 39.4. The summed E-state index contributed by atoms with van der Waals surface area (Å²) in [6.07, 6.45) is -4.62. The fourth-order valence-electron chi connectivity index (χ4n) is 1.37. The van der Waals surface area contributed by atoms with Crippen LogP contribution in [0.5, 0.6) is 0 Å². The van der Waals surface area contributed by atoms with Gasteiger partial charge >= 0.3 is 6.18 Å². The van der Waals surface area contributed by atoms with Crippen LogP contribution in [-0.2, 0) is 6.18 Å². The highest BCUT2D eigenvalue weighted by atomic mass is 32.2. The molecule has 0 amide bonds. The largest absolute Gasteiger partial charge is 0.417 e. The van der Waals surface area contributed by atoms with E-state index in [0.29, 0.717) is 10.3 Å². The third-order valence-electron chi connectivity index (χ3n) is 2.18. The molecule has 0 aliphatic heterocycles.